The van der Waals surface area contributed by atoms with Crippen LogP contribution in [0.25, 0.3) is 0 Å². The number of hydrogen-bond donors (Lipinski definition) is 2. The molecule has 1 amide bonds. The molecular weight excluding hydrogens is 318 g/mol. The fourth-order valence-electron chi connectivity index (χ4n) is 1.71. The summed E-state index contributed by atoms with van der Waals surface area (Å²) in [6.45, 7) is -0.156. The van der Waals surface area contributed by atoms with E-state index in [0.29, 0.717) is 5.69 Å². The summed E-state index contributed by atoms with van der Waals surface area (Å²) in [7, 11) is 0. The van der Waals surface area contributed by atoms with Crippen LogP contribution in [0.3, 0.4) is 0 Å². The van der Waals surface area contributed by atoms with E-state index in [2.05, 4.69) is 0 Å². The van der Waals surface area contributed by atoms with Crippen molar-refractivity contribution < 1.29 is 13.9 Å². The van der Waals surface area contributed by atoms with Crippen molar-refractivity contribution >= 4 is 34.8 Å². The first-order valence-electron chi connectivity index (χ1n) is 5.84. The molecule has 0 atom stereocenters. The van der Waals surface area contributed by atoms with Crippen LogP contribution in [-0.4, -0.2) is 5.91 Å². The number of amides is 1. The van der Waals surface area contributed by atoms with Crippen molar-refractivity contribution in [3.63, 3.8) is 0 Å². The van der Waals surface area contributed by atoms with Crippen molar-refractivity contribution in [1.29, 1.82) is 0 Å². The van der Waals surface area contributed by atoms with Crippen molar-refractivity contribution in [2.75, 3.05) is 5.73 Å². The van der Waals surface area contributed by atoms with Crippen molar-refractivity contribution in [2.24, 2.45) is 5.73 Å². The molecule has 0 aliphatic carbocycles. The first-order chi connectivity index (χ1) is 9.88. The number of carbonyl (C=O) groups excluding carboxylic acids is 1. The van der Waals surface area contributed by atoms with Gasteiger partial charge in [0.1, 0.15) is 12.4 Å². The zero-order valence-electron chi connectivity index (χ0n) is 10.7. The molecule has 0 saturated carbocycles. The van der Waals surface area contributed by atoms with E-state index in [0.717, 1.165) is 6.07 Å². The van der Waals surface area contributed by atoms with Gasteiger partial charge in [-0.25, -0.2) is 4.39 Å². The Morgan fingerprint density at radius 3 is 2.38 bits per heavy atom. The molecule has 110 valence electrons. The molecule has 4 N–H and O–H groups in total. The third kappa shape index (κ3) is 3.56. The second-order valence-corrected chi connectivity index (χ2v) is 5.09. The summed E-state index contributed by atoms with van der Waals surface area (Å²) in [5, 5.41) is 0.429. The first kappa shape index (κ1) is 15.4. The minimum absolute atomic E-state index is 0.156. The van der Waals surface area contributed by atoms with E-state index in [9.17, 15) is 9.18 Å². The lowest BCUT2D eigenvalue weighted by molar-refractivity contribution is 0.1000. The molecule has 0 aliphatic rings. The largest absolute Gasteiger partial charge is 0.486 e. The molecule has 0 fully saturated rings. The minimum atomic E-state index is -0.653. The molecule has 0 unspecified atom stereocenters. The molecular formula is C14H11Cl2FN2O2. The summed E-state index contributed by atoms with van der Waals surface area (Å²) in [4.78, 5) is 11.1. The van der Waals surface area contributed by atoms with Crippen LogP contribution in [0.2, 0.25) is 10.0 Å². The van der Waals surface area contributed by atoms with Gasteiger partial charge in [-0.15, -0.1) is 0 Å². The molecule has 0 spiro atoms. The molecule has 0 heterocycles. The van der Waals surface area contributed by atoms with Crippen molar-refractivity contribution in [3.8, 4) is 5.75 Å². The highest BCUT2D eigenvalue weighted by Gasteiger charge is 2.12. The average molecular weight is 329 g/mol. The SMILES string of the molecule is NC(=O)c1ccc(F)c(COc2c(Cl)cc(N)cc2Cl)c1. The molecule has 0 bridgehead atoms. The number of anilines is 1. The third-order valence-corrected chi connectivity index (χ3v) is 3.28. The summed E-state index contributed by atoms with van der Waals surface area (Å²) in [5.74, 6) is -0.987. The molecule has 0 radical (unpaired) electrons. The van der Waals surface area contributed by atoms with Gasteiger partial charge in [0.25, 0.3) is 0 Å². The van der Waals surface area contributed by atoms with Gasteiger partial charge in [-0.2, -0.15) is 0 Å². The van der Waals surface area contributed by atoms with Gasteiger partial charge < -0.3 is 16.2 Å². The molecule has 2 rings (SSSR count). The Morgan fingerprint density at radius 2 is 1.81 bits per heavy atom. The predicted molar refractivity (Wildman–Crippen MR) is 80.1 cm³/mol. The summed E-state index contributed by atoms with van der Waals surface area (Å²) in [5.41, 5.74) is 11.5. The van der Waals surface area contributed by atoms with Crippen molar-refractivity contribution in [3.05, 3.63) is 57.3 Å². The van der Waals surface area contributed by atoms with Gasteiger partial charge in [-0.05, 0) is 30.3 Å². The van der Waals surface area contributed by atoms with Gasteiger partial charge in [0, 0.05) is 16.8 Å². The number of rotatable bonds is 4. The molecule has 21 heavy (non-hydrogen) atoms. The normalized spacial score (nSPS) is 10.4. The highest BCUT2D eigenvalue weighted by molar-refractivity contribution is 6.37. The fraction of sp³-hybridized carbons (Fsp3) is 0.0714. The number of nitrogens with two attached hydrogens (primary N) is 2. The van der Waals surface area contributed by atoms with E-state index in [1.54, 1.807) is 0 Å². The third-order valence-electron chi connectivity index (χ3n) is 2.72. The first-order valence-corrected chi connectivity index (χ1v) is 6.59. The monoisotopic (exact) mass is 328 g/mol. The number of benzene rings is 2. The Morgan fingerprint density at radius 1 is 1.19 bits per heavy atom. The summed E-state index contributed by atoms with van der Waals surface area (Å²) < 4.78 is 19.1. The second kappa shape index (κ2) is 6.20. The lowest BCUT2D eigenvalue weighted by Gasteiger charge is -2.11. The van der Waals surface area contributed by atoms with E-state index in [4.69, 9.17) is 39.4 Å². The molecule has 0 aromatic heterocycles. The zero-order valence-corrected chi connectivity index (χ0v) is 12.2. The Balaban J connectivity index is 2.24. The summed E-state index contributed by atoms with van der Waals surface area (Å²) in [6, 6.07) is 6.70. The molecule has 2 aromatic rings. The van der Waals surface area contributed by atoms with Gasteiger partial charge in [-0.3, -0.25) is 4.79 Å². The Labute approximate surface area is 130 Å². The number of nitrogen functional groups attached to an aromatic ring is 1. The Kier molecular flexibility index (Phi) is 4.55. The molecule has 4 nitrogen and oxygen atoms in total. The average Bonchev–Trinajstić information content (AvgIpc) is 2.39. The summed E-state index contributed by atoms with van der Waals surface area (Å²) >= 11 is 11.9. The van der Waals surface area contributed by atoms with E-state index in [1.165, 1.54) is 24.3 Å². The number of carbonyl (C=O) groups is 1. The van der Waals surface area contributed by atoms with E-state index >= 15 is 0 Å². The van der Waals surface area contributed by atoms with Crippen LogP contribution in [0.1, 0.15) is 15.9 Å². The molecule has 0 aliphatic heterocycles. The number of halogens is 3. The van der Waals surface area contributed by atoms with Crippen LogP contribution in [-0.2, 0) is 6.61 Å². The van der Waals surface area contributed by atoms with Crippen molar-refractivity contribution in [1.82, 2.24) is 0 Å². The van der Waals surface area contributed by atoms with Gasteiger partial charge in [0.2, 0.25) is 5.91 Å². The number of primary amides is 1. The second-order valence-electron chi connectivity index (χ2n) is 4.27. The van der Waals surface area contributed by atoms with Gasteiger partial charge in [0.05, 0.1) is 10.0 Å². The molecule has 7 heteroatoms. The lowest BCUT2D eigenvalue weighted by atomic mass is 10.1. The standard InChI is InChI=1S/C14H11Cl2FN2O2/c15-10-4-9(18)5-11(16)13(10)21-6-8-3-7(14(19)20)1-2-12(8)17/h1-5H,6,18H2,(H2,19,20). The van der Waals surface area contributed by atoms with Gasteiger partial charge in [0.15, 0.2) is 5.75 Å². The highest BCUT2D eigenvalue weighted by atomic mass is 35.5. The van der Waals surface area contributed by atoms with Crippen LogP contribution in [0.4, 0.5) is 10.1 Å². The van der Waals surface area contributed by atoms with E-state index < -0.39 is 11.7 Å². The maximum Gasteiger partial charge on any atom is 0.248 e. The number of hydrogen-bond acceptors (Lipinski definition) is 3. The molecule has 0 saturated heterocycles. The van der Waals surface area contributed by atoms with E-state index in [1.807, 2.05) is 0 Å². The van der Waals surface area contributed by atoms with Crippen LogP contribution in [0, 0.1) is 5.82 Å². The number of ether oxygens (including phenoxy) is 1. The maximum absolute atomic E-state index is 13.7. The Hall–Kier alpha value is -1.98. The van der Waals surface area contributed by atoms with Crippen LogP contribution in [0.15, 0.2) is 30.3 Å². The van der Waals surface area contributed by atoms with E-state index in [-0.39, 0.29) is 33.5 Å². The lowest BCUT2D eigenvalue weighted by Crippen LogP contribution is -2.12. The highest BCUT2D eigenvalue weighted by Crippen LogP contribution is 2.35. The Bertz CT molecular complexity index is 684. The van der Waals surface area contributed by atoms with Gasteiger partial charge in [-0.1, -0.05) is 23.2 Å². The minimum Gasteiger partial charge on any atom is -0.486 e. The summed E-state index contributed by atoms with van der Waals surface area (Å²) in [6.07, 6.45) is 0. The van der Waals surface area contributed by atoms with Crippen LogP contribution in [0.5, 0.6) is 5.75 Å². The fourth-order valence-corrected chi connectivity index (χ4v) is 2.32. The maximum atomic E-state index is 13.7. The molecule has 2 aromatic carbocycles. The smallest absolute Gasteiger partial charge is 0.248 e. The van der Waals surface area contributed by atoms with Crippen molar-refractivity contribution in [2.45, 2.75) is 6.61 Å². The predicted octanol–water partition coefficient (Wildman–Crippen LogP) is 3.39. The quantitative estimate of drug-likeness (QED) is 0.844. The topological polar surface area (TPSA) is 78.3 Å². The van der Waals surface area contributed by atoms with Gasteiger partial charge >= 0.3 is 0 Å². The zero-order chi connectivity index (χ0) is 15.6. The van der Waals surface area contributed by atoms with Crippen LogP contribution >= 0.6 is 23.2 Å². The van der Waals surface area contributed by atoms with Crippen LogP contribution < -0.4 is 16.2 Å².